The van der Waals surface area contributed by atoms with Gasteiger partial charge in [-0.3, -0.25) is 0 Å². The predicted molar refractivity (Wildman–Crippen MR) is 70.8 cm³/mol. The summed E-state index contributed by atoms with van der Waals surface area (Å²) in [5.41, 5.74) is 0. The third kappa shape index (κ3) is 6.27. The lowest BCUT2D eigenvalue weighted by Crippen LogP contribution is -1.84. The molecule has 0 atom stereocenters. The number of fused-ring (bicyclic) bond motifs is 1. The van der Waals surface area contributed by atoms with Gasteiger partial charge in [-0.05, 0) is 11.5 Å². The molecular weight excluding hydrogens is 310 g/mol. The first kappa shape index (κ1) is 16.8. The van der Waals surface area contributed by atoms with Crippen LogP contribution in [0.2, 0.25) is 0 Å². The van der Waals surface area contributed by atoms with Crippen LogP contribution in [0.1, 0.15) is 0 Å². The minimum Gasteiger partial charge on any atom is -0.507 e. The quantitative estimate of drug-likeness (QED) is 0.526. The number of benzene rings is 2. The molecule has 0 spiro atoms. The second-order valence-electron chi connectivity index (χ2n) is 3.56. The number of aromatic hydroxyl groups is 1. The number of hydrogen-bond donors (Lipinski definition) is 5. The second-order valence-corrected chi connectivity index (χ2v) is 6.18. The lowest BCUT2D eigenvalue weighted by atomic mass is 10.1. The first-order valence-electron chi connectivity index (χ1n) is 5.08. The molecule has 20 heavy (non-hydrogen) atoms. The van der Waals surface area contributed by atoms with E-state index < -0.39 is 15.6 Å². The summed E-state index contributed by atoms with van der Waals surface area (Å²) in [4.78, 5) is 31.0. The molecule has 2 rings (SSSR count). The predicted octanol–water partition coefficient (Wildman–Crippen LogP) is 1.73. The zero-order valence-electron chi connectivity index (χ0n) is 9.90. The molecule has 0 fully saturated rings. The van der Waals surface area contributed by atoms with Crippen molar-refractivity contribution < 1.29 is 38.1 Å². The molecule has 0 aliphatic rings. The van der Waals surface area contributed by atoms with Gasteiger partial charge in [0.1, 0.15) is 5.75 Å². The van der Waals surface area contributed by atoms with Crippen LogP contribution in [0.15, 0.2) is 42.5 Å². The minimum absolute atomic E-state index is 0.350. The lowest BCUT2D eigenvalue weighted by molar-refractivity contribution is 0.225. The Bertz CT molecular complexity index is 649. The fourth-order valence-electron chi connectivity index (χ4n) is 1.35. The van der Waals surface area contributed by atoms with Crippen LogP contribution in [-0.4, -0.2) is 24.7 Å². The van der Waals surface area contributed by atoms with E-state index in [1.807, 2.05) is 36.4 Å². The fourth-order valence-corrected chi connectivity index (χ4v) is 2.46. The third-order valence-electron chi connectivity index (χ3n) is 1.98. The topological polar surface area (TPSA) is 145 Å². The van der Waals surface area contributed by atoms with Crippen LogP contribution in [0.4, 0.5) is 0 Å². The van der Waals surface area contributed by atoms with Crippen molar-refractivity contribution in [2.45, 2.75) is 0 Å². The van der Waals surface area contributed by atoms with Crippen molar-refractivity contribution in [1.29, 1.82) is 0 Å². The van der Waals surface area contributed by atoms with Gasteiger partial charge in [-0.1, -0.05) is 36.4 Å². The second kappa shape index (κ2) is 6.47. The van der Waals surface area contributed by atoms with Crippen molar-refractivity contribution in [3.63, 3.8) is 0 Å². The molecule has 0 aromatic heterocycles. The minimum atomic E-state index is -5.05. The van der Waals surface area contributed by atoms with Crippen molar-refractivity contribution in [3.8, 4) is 5.75 Å². The molecule has 0 aliphatic carbocycles. The molecule has 2 aromatic rings. The number of phosphoric acid groups is 2. The SMILES string of the molecule is O=P(O)(O)OP(=O)(O)O.Oc1cccc2ccccc12. The number of phenolic OH excluding ortho intramolecular Hbond substituents is 1. The first-order chi connectivity index (χ1) is 9.08. The van der Waals surface area contributed by atoms with Crippen LogP contribution < -0.4 is 0 Å². The Balaban J connectivity index is 0.000000206. The van der Waals surface area contributed by atoms with E-state index in [2.05, 4.69) is 4.31 Å². The van der Waals surface area contributed by atoms with Gasteiger partial charge in [0.2, 0.25) is 0 Å². The molecule has 0 heterocycles. The summed E-state index contributed by atoms with van der Waals surface area (Å²) in [6.45, 7) is 0. The molecule has 0 saturated carbocycles. The van der Waals surface area contributed by atoms with Crippen LogP contribution in [-0.2, 0) is 13.4 Å². The summed E-state index contributed by atoms with van der Waals surface area (Å²) in [5.74, 6) is 0.350. The molecule has 0 unspecified atom stereocenters. The van der Waals surface area contributed by atoms with Gasteiger partial charge in [-0.15, -0.1) is 0 Å². The van der Waals surface area contributed by atoms with Gasteiger partial charge in [0, 0.05) is 5.39 Å². The first-order valence-corrected chi connectivity index (χ1v) is 8.14. The van der Waals surface area contributed by atoms with Crippen LogP contribution in [0.3, 0.4) is 0 Å². The maximum Gasteiger partial charge on any atom is 0.478 e. The Morgan fingerprint density at radius 3 is 1.75 bits per heavy atom. The fraction of sp³-hybridized carbons (Fsp3) is 0. The van der Waals surface area contributed by atoms with Crippen LogP contribution in [0, 0.1) is 0 Å². The van der Waals surface area contributed by atoms with E-state index >= 15 is 0 Å². The Morgan fingerprint density at radius 1 is 0.800 bits per heavy atom. The number of rotatable bonds is 2. The summed E-state index contributed by atoms with van der Waals surface area (Å²) in [6, 6.07) is 13.3. The summed E-state index contributed by atoms with van der Waals surface area (Å²) in [6.07, 6.45) is 0. The van der Waals surface area contributed by atoms with Crippen LogP contribution >= 0.6 is 15.6 Å². The van der Waals surface area contributed by atoms with E-state index in [0.29, 0.717) is 5.75 Å². The molecule has 0 amide bonds. The molecule has 8 nitrogen and oxygen atoms in total. The number of phenols is 1. The van der Waals surface area contributed by atoms with Crippen LogP contribution in [0.5, 0.6) is 5.75 Å². The largest absolute Gasteiger partial charge is 0.507 e. The molecule has 0 saturated heterocycles. The zero-order valence-corrected chi connectivity index (χ0v) is 11.7. The normalized spacial score (nSPS) is 11.8. The highest BCUT2D eigenvalue weighted by molar-refractivity contribution is 7.60. The van der Waals surface area contributed by atoms with Gasteiger partial charge >= 0.3 is 15.6 Å². The maximum absolute atomic E-state index is 9.63. The van der Waals surface area contributed by atoms with Gasteiger partial charge in [-0.2, -0.15) is 4.31 Å². The average Bonchev–Trinajstić information content (AvgIpc) is 2.25. The Morgan fingerprint density at radius 2 is 1.30 bits per heavy atom. The molecular formula is C10H12O8P2. The van der Waals surface area contributed by atoms with E-state index in [1.54, 1.807) is 6.07 Å². The highest BCUT2D eigenvalue weighted by atomic mass is 31.3. The Labute approximate surface area is 113 Å². The van der Waals surface area contributed by atoms with E-state index in [9.17, 15) is 14.2 Å². The zero-order chi connectivity index (χ0) is 15.4. The summed E-state index contributed by atoms with van der Waals surface area (Å²) < 4.78 is 22.2. The maximum atomic E-state index is 9.63. The van der Waals surface area contributed by atoms with Gasteiger partial charge < -0.3 is 24.7 Å². The van der Waals surface area contributed by atoms with Crippen molar-refractivity contribution in [1.82, 2.24) is 0 Å². The van der Waals surface area contributed by atoms with Gasteiger partial charge in [0.15, 0.2) is 0 Å². The molecule has 2 aromatic carbocycles. The highest BCUT2D eigenvalue weighted by Crippen LogP contribution is 2.53. The summed E-state index contributed by atoms with van der Waals surface area (Å²) in [7, 11) is -10.1. The van der Waals surface area contributed by atoms with Crippen molar-refractivity contribution >= 4 is 26.4 Å². The molecule has 10 heteroatoms. The van der Waals surface area contributed by atoms with Crippen LogP contribution in [0.25, 0.3) is 10.8 Å². The Kier molecular flexibility index (Phi) is 5.44. The Hall–Kier alpha value is -1.24. The number of hydrogen-bond acceptors (Lipinski definition) is 4. The summed E-state index contributed by atoms with van der Waals surface area (Å²) >= 11 is 0. The van der Waals surface area contributed by atoms with E-state index in [1.165, 1.54) is 0 Å². The lowest BCUT2D eigenvalue weighted by Gasteiger charge is -2.03. The van der Waals surface area contributed by atoms with Gasteiger partial charge in [-0.25, -0.2) is 9.13 Å². The van der Waals surface area contributed by atoms with E-state index in [4.69, 9.17) is 19.6 Å². The van der Waals surface area contributed by atoms with Gasteiger partial charge in [0.25, 0.3) is 0 Å². The highest BCUT2D eigenvalue weighted by Gasteiger charge is 2.27. The van der Waals surface area contributed by atoms with E-state index in [0.717, 1.165) is 10.8 Å². The molecule has 0 radical (unpaired) electrons. The monoisotopic (exact) mass is 322 g/mol. The van der Waals surface area contributed by atoms with Crippen molar-refractivity contribution in [2.24, 2.45) is 0 Å². The van der Waals surface area contributed by atoms with E-state index in [-0.39, 0.29) is 0 Å². The third-order valence-corrected chi connectivity index (χ3v) is 3.68. The standard InChI is InChI=1S/C10H8O.H4O7P2/c11-10-7-3-5-8-4-1-2-6-9(8)10;1-8(2,3)7-9(4,5)6/h1-7,11H;(H2,1,2,3)(H2,4,5,6). The molecule has 5 N–H and O–H groups in total. The van der Waals surface area contributed by atoms with Gasteiger partial charge in [0.05, 0.1) is 0 Å². The molecule has 0 bridgehead atoms. The average molecular weight is 322 g/mol. The summed E-state index contributed by atoms with van der Waals surface area (Å²) in [5, 5.41) is 11.4. The van der Waals surface area contributed by atoms with Crippen molar-refractivity contribution in [3.05, 3.63) is 42.5 Å². The van der Waals surface area contributed by atoms with Crippen molar-refractivity contribution in [2.75, 3.05) is 0 Å². The molecule has 0 aliphatic heterocycles. The molecule has 110 valence electrons. The smallest absolute Gasteiger partial charge is 0.478 e.